The van der Waals surface area contributed by atoms with Crippen LogP contribution in [0.5, 0.6) is 5.75 Å². The molecule has 0 fully saturated rings. The van der Waals surface area contributed by atoms with E-state index in [1.807, 2.05) is 41.4 Å². The van der Waals surface area contributed by atoms with Crippen LogP contribution >= 0.6 is 11.3 Å². The van der Waals surface area contributed by atoms with Crippen molar-refractivity contribution in [2.45, 2.75) is 26.5 Å². The maximum Gasteiger partial charge on any atom is 0.251 e. The topological polar surface area (TPSA) is 56.1 Å². The molecule has 1 amide bonds. The summed E-state index contributed by atoms with van der Waals surface area (Å²) < 4.78 is 7.65. The van der Waals surface area contributed by atoms with Gasteiger partial charge in [-0.3, -0.25) is 4.79 Å². The van der Waals surface area contributed by atoms with Gasteiger partial charge in [0.05, 0.1) is 6.04 Å². The van der Waals surface area contributed by atoms with Crippen LogP contribution in [0.2, 0.25) is 0 Å². The molecule has 0 aliphatic carbocycles. The zero-order valence-corrected chi connectivity index (χ0v) is 16.0. The number of amides is 1. The minimum absolute atomic E-state index is 0.0156. The number of imidazole rings is 1. The van der Waals surface area contributed by atoms with Crippen molar-refractivity contribution < 1.29 is 9.53 Å². The lowest BCUT2D eigenvalue weighted by molar-refractivity contribution is 0.0926. The van der Waals surface area contributed by atoms with Crippen LogP contribution in [0.4, 0.5) is 0 Å². The quantitative estimate of drug-likeness (QED) is 0.679. The number of aromatic nitrogens is 2. The Morgan fingerprint density at radius 2 is 2.04 bits per heavy atom. The predicted molar refractivity (Wildman–Crippen MR) is 103 cm³/mol. The molecule has 2 aromatic heterocycles. The fourth-order valence-electron chi connectivity index (χ4n) is 2.65. The third-order valence-corrected chi connectivity index (χ3v) is 5.16. The standard InChI is InChI=1S/C20H23N3O2S/c1-14(2)19(17-5-4-12-26-17)22-20(24)15-6-8-16(9-7-15)25-13-18-21-10-11-23(18)3/h4-12,14,19H,13H2,1-3H3,(H,22,24)/t19-/m1/s1. The largest absolute Gasteiger partial charge is 0.486 e. The summed E-state index contributed by atoms with van der Waals surface area (Å²) in [4.78, 5) is 18.0. The smallest absolute Gasteiger partial charge is 0.251 e. The second-order valence-electron chi connectivity index (χ2n) is 6.48. The van der Waals surface area contributed by atoms with E-state index in [4.69, 9.17) is 4.74 Å². The van der Waals surface area contributed by atoms with Crippen LogP contribution in [-0.2, 0) is 13.7 Å². The maximum atomic E-state index is 12.6. The Labute approximate surface area is 157 Å². The second-order valence-corrected chi connectivity index (χ2v) is 7.46. The zero-order valence-electron chi connectivity index (χ0n) is 15.2. The third-order valence-electron chi connectivity index (χ3n) is 4.21. The third kappa shape index (κ3) is 4.32. The van der Waals surface area contributed by atoms with E-state index >= 15 is 0 Å². The van der Waals surface area contributed by atoms with Gasteiger partial charge in [-0.1, -0.05) is 19.9 Å². The van der Waals surface area contributed by atoms with E-state index in [1.165, 1.54) is 4.88 Å². The highest BCUT2D eigenvalue weighted by Crippen LogP contribution is 2.26. The highest BCUT2D eigenvalue weighted by atomic mass is 32.1. The molecule has 1 aromatic carbocycles. The highest BCUT2D eigenvalue weighted by Gasteiger charge is 2.20. The normalized spacial score (nSPS) is 12.2. The number of hydrogen-bond acceptors (Lipinski definition) is 4. The van der Waals surface area contributed by atoms with E-state index in [2.05, 4.69) is 30.2 Å². The molecule has 0 bridgehead atoms. The predicted octanol–water partition coefficient (Wildman–Crippen LogP) is 4.19. The molecule has 136 valence electrons. The molecular weight excluding hydrogens is 346 g/mol. The van der Waals surface area contributed by atoms with Crippen LogP contribution < -0.4 is 10.1 Å². The first kappa shape index (κ1) is 18.2. The van der Waals surface area contributed by atoms with E-state index in [9.17, 15) is 4.79 Å². The zero-order chi connectivity index (χ0) is 18.5. The van der Waals surface area contributed by atoms with Crippen molar-refractivity contribution in [3.8, 4) is 5.75 Å². The van der Waals surface area contributed by atoms with Gasteiger partial charge >= 0.3 is 0 Å². The molecule has 0 aliphatic heterocycles. The Hall–Kier alpha value is -2.60. The molecule has 5 nitrogen and oxygen atoms in total. The lowest BCUT2D eigenvalue weighted by Crippen LogP contribution is -2.31. The highest BCUT2D eigenvalue weighted by molar-refractivity contribution is 7.10. The van der Waals surface area contributed by atoms with Gasteiger partial charge in [-0.25, -0.2) is 4.98 Å². The van der Waals surface area contributed by atoms with Crippen molar-refractivity contribution in [1.29, 1.82) is 0 Å². The fraction of sp³-hybridized carbons (Fsp3) is 0.300. The number of nitrogens with zero attached hydrogens (tertiary/aromatic N) is 2. The number of nitrogens with one attached hydrogen (secondary N) is 1. The molecule has 0 radical (unpaired) electrons. The molecule has 3 aromatic rings. The number of aryl methyl sites for hydroxylation is 1. The Morgan fingerprint density at radius 3 is 2.62 bits per heavy atom. The van der Waals surface area contributed by atoms with E-state index in [1.54, 1.807) is 29.7 Å². The average molecular weight is 369 g/mol. The van der Waals surface area contributed by atoms with Gasteiger partial charge in [-0.2, -0.15) is 0 Å². The van der Waals surface area contributed by atoms with E-state index in [-0.39, 0.29) is 11.9 Å². The summed E-state index contributed by atoms with van der Waals surface area (Å²) >= 11 is 1.66. The first-order valence-corrected chi connectivity index (χ1v) is 9.46. The van der Waals surface area contributed by atoms with Crippen molar-refractivity contribution in [2.24, 2.45) is 13.0 Å². The van der Waals surface area contributed by atoms with Gasteiger partial charge in [0.25, 0.3) is 5.91 Å². The van der Waals surface area contributed by atoms with Crippen molar-refractivity contribution >= 4 is 17.2 Å². The first-order chi connectivity index (χ1) is 12.5. The summed E-state index contributed by atoms with van der Waals surface area (Å²) in [7, 11) is 1.93. The Morgan fingerprint density at radius 1 is 1.27 bits per heavy atom. The van der Waals surface area contributed by atoms with Crippen molar-refractivity contribution in [1.82, 2.24) is 14.9 Å². The molecule has 1 N–H and O–H groups in total. The number of ether oxygens (including phenoxy) is 1. The Kier molecular flexibility index (Phi) is 5.73. The summed E-state index contributed by atoms with van der Waals surface area (Å²) in [5.74, 6) is 1.80. The average Bonchev–Trinajstić information content (AvgIpc) is 3.29. The summed E-state index contributed by atoms with van der Waals surface area (Å²) in [6, 6.07) is 11.3. The lowest BCUT2D eigenvalue weighted by Gasteiger charge is -2.21. The molecule has 1 atom stereocenters. The molecule has 3 rings (SSSR count). The monoisotopic (exact) mass is 369 g/mol. The van der Waals surface area contributed by atoms with Crippen LogP contribution in [0.1, 0.15) is 40.9 Å². The number of hydrogen-bond donors (Lipinski definition) is 1. The molecule has 26 heavy (non-hydrogen) atoms. The number of carbonyl (C=O) groups excluding carboxylic acids is 1. The fourth-order valence-corrected chi connectivity index (χ4v) is 3.59. The molecular formula is C20H23N3O2S. The van der Waals surface area contributed by atoms with Gasteiger partial charge in [0.2, 0.25) is 0 Å². The maximum absolute atomic E-state index is 12.6. The number of benzene rings is 1. The molecule has 0 aliphatic rings. The minimum atomic E-state index is -0.0762. The number of thiophene rings is 1. The lowest BCUT2D eigenvalue weighted by atomic mass is 10.0. The van der Waals surface area contributed by atoms with Crippen molar-refractivity contribution in [2.75, 3.05) is 0 Å². The van der Waals surface area contributed by atoms with Gasteiger partial charge in [0.15, 0.2) is 0 Å². The molecule has 6 heteroatoms. The summed E-state index contributed by atoms with van der Waals surface area (Å²) in [6.45, 7) is 4.61. The number of carbonyl (C=O) groups is 1. The summed E-state index contributed by atoms with van der Waals surface area (Å²) in [6.07, 6.45) is 3.62. The molecule has 0 saturated carbocycles. The SMILES string of the molecule is CC(C)[C@@H](NC(=O)c1ccc(OCc2nccn2C)cc1)c1cccs1. The van der Waals surface area contributed by atoms with Gasteiger partial charge in [0.1, 0.15) is 18.2 Å². The Balaban J connectivity index is 1.62. The second kappa shape index (κ2) is 8.19. The van der Waals surface area contributed by atoms with Crippen LogP contribution in [0.15, 0.2) is 54.2 Å². The van der Waals surface area contributed by atoms with Crippen molar-refractivity contribution in [3.05, 3.63) is 70.4 Å². The van der Waals surface area contributed by atoms with Crippen LogP contribution in [0, 0.1) is 5.92 Å². The molecule has 2 heterocycles. The number of rotatable bonds is 7. The molecule has 0 unspecified atom stereocenters. The minimum Gasteiger partial charge on any atom is -0.486 e. The van der Waals surface area contributed by atoms with Crippen LogP contribution in [0.25, 0.3) is 0 Å². The van der Waals surface area contributed by atoms with Gasteiger partial charge in [-0.15, -0.1) is 11.3 Å². The van der Waals surface area contributed by atoms with E-state index in [0.717, 1.165) is 5.82 Å². The summed E-state index contributed by atoms with van der Waals surface area (Å²) in [5.41, 5.74) is 0.622. The van der Waals surface area contributed by atoms with Crippen LogP contribution in [0.3, 0.4) is 0 Å². The van der Waals surface area contributed by atoms with Gasteiger partial charge in [-0.05, 0) is 41.6 Å². The molecule has 0 saturated heterocycles. The Bertz CT molecular complexity index is 838. The van der Waals surface area contributed by atoms with E-state index in [0.29, 0.717) is 23.8 Å². The molecule has 0 spiro atoms. The van der Waals surface area contributed by atoms with E-state index < -0.39 is 0 Å². The first-order valence-electron chi connectivity index (χ1n) is 8.58. The summed E-state index contributed by atoms with van der Waals surface area (Å²) in [5, 5.41) is 5.17. The van der Waals surface area contributed by atoms with Crippen molar-refractivity contribution in [3.63, 3.8) is 0 Å². The van der Waals surface area contributed by atoms with Crippen LogP contribution in [-0.4, -0.2) is 15.5 Å². The van der Waals surface area contributed by atoms with Gasteiger partial charge < -0.3 is 14.6 Å². The van der Waals surface area contributed by atoms with Gasteiger partial charge in [0, 0.05) is 29.9 Å².